The van der Waals surface area contributed by atoms with E-state index in [9.17, 15) is 31.4 Å². The molecule has 30 heavy (non-hydrogen) atoms. The standard InChI is InChI=1S/C17H15F6N5O2/c1-27(14-7-6-13-24-25-15(17(21,22)23)28(13)26-14)8-11(29)9-30-12-4-2-10(3-5-12)16(18,19)20/h2-7,11,29H,8-9H2,1H3. The van der Waals surface area contributed by atoms with Crippen LogP contribution in [0.1, 0.15) is 11.4 Å². The zero-order valence-electron chi connectivity index (χ0n) is 15.3. The van der Waals surface area contributed by atoms with E-state index in [1.165, 1.54) is 24.1 Å². The highest BCUT2D eigenvalue weighted by atomic mass is 19.4. The predicted octanol–water partition coefficient (Wildman–Crippen LogP) is 3.04. The predicted molar refractivity (Wildman–Crippen MR) is 92.0 cm³/mol. The Morgan fingerprint density at radius 1 is 1.00 bits per heavy atom. The van der Waals surface area contributed by atoms with Gasteiger partial charge < -0.3 is 14.7 Å². The van der Waals surface area contributed by atoms with Crippen molar-refractivity contribution in [3.05, 3.63) is 47.8 Å². The molecule has 1 unspecified atom stereocenters. The number of nitrogens with zero attached hydrogens (tertiary/aromatic N) is 5. The number of hydrogen-bond acceptors (Lipinski definition) is 6. The highest BCUT2D eigenvalue weighted by Gasteiger charge is 2.37. The van der Waals surface area contributed by atoms with Gasteiger partial charge in [0, 0.05) is 13.6 Å². The third-order valence-corrected chi connectivity index (χ3v) is 4.00. The molecule has 1 aromatic carbocycles. The molecule has 0 aliphatic heterocycles. The fourth-order valence-corrected chi connectivity index (χ4v) is 2.55. The highest BCUT2D eigenvalue weighted by molar-refractivity contribution is 5.45. The largest absolute Gasteiger partial charge is 0.491 e. The lowest BCUT2D eigenvalue weighted by atomic mass is 10.2. The van der Waals surface area contributed by atoms with E-state index in [1.54, 1.807) is 0 Å². The van der Waals surface area contributed by atoms with Crippen molar-refractivity contribution in [1.29, 1.82) is 0 Å². The van der Waals surface area contributed by atoms with Gasteiger partial charge in [0.1, 0.15) is 24.3 Å². The first kappa shape index (κ1) is 21.6. The maximum absolute atomic E-state index is 13.0. The van der Waals surface area contributed by atoms with E-state index >= 15 is 0 Å². The van der Waals surface area contributed by atoms with Crippen molar-refractivity contribution in [3.8, 4) is 5.75 Å². The molecule has 0 aliphatic rings. The monoisotopic (exact) mass is 435 g/mol. The Hall–Kier alpha value is -3.09. The Kier molecular flexibility index (Phi) is 5.74. The average Bonchev–Trinajstić information content (AvgIpc) is 3.09. The van der Waals surface area contributed by atoms with Crippen molar-refractivity contribution in [1.82, 2.24) is 19.8 Å². The Morgan fingerprint density at radius 2 is 1.67 bits per heavy atom. The lowest BCUT2D eigenvalue weighted by molar-refractivity contribution is -0.146. The molecule has 0 bridgehead atoms. The van der Waals surface area contributed by atoms with Gasteiger partial charge in [-0.05, 0) is 36.4 Å². The van der Waals surface area contributed by atoms with Crippen LogP contribution >= 0.6 is 0 Å². The maximum atomic E-state index is 13.0. The van der Waals surface area contributed by atoms with Crippen LogP contribution < -0.4 is 9.64 Å². The van der Waals surface area contributed by atoms with Gasteiger partial charge >= 0.3 is 12.4 Å². The zero-order valence-corrected chi connectivity index (χ0v) is 15.3. The van der Waals surface area contributed by atoms with Crippen LogP contribution in [-0.2, 0) is 12.4 Å². The number of fused-ring (bicyclic) bond motifs is 1. The molecule has 13 heteroatoms. The third kappa shape index (κ3) is 4.90. The number of aliphatic hydroxyl groups is 1. The molecule has 162 valence electrons. The molecule has 0 amide bonds. The van der Waals surface area contributed by atoms with Gasteiger partial charge in [0.05, 0.1) is 5.56 Å². The lowest BCUT2D eigenvalue weighted by Gasteiger charge is -2.22. The van der Waals surface area contributed by atoms with E-state index in [1.807, 2.05) is 0 Å². The topological polar surface area (TPSA) is 75.8 Å². The fourth-order valence-electron chi connectivity index (χ4n) is 2.55. The third-order valence-electron chi connectivity index (χ3n) is 4.00. The Bertz CT molecular complexity index is 1000. The number of benzene rings is 1. The van der Waals surface area contributed by atoms with Crippen LogP contribution in [0.4, 0.5) is 32.2 Å². The molecule has 0 aliphatic carbocycles. The fraction of sp³-hybridized carbons (Fsp3) is 0.353. The molecule has 1 atom stereocenters. The van der Waals surface area contributed by atoms with Gasteiger partial charge in [0.2, 0.25) is 0 Å². The summed E-state index contributed by atoms with van der Waals surface area (Å²) < 4.78 is 82.3. The Labute approximate surface area is 165 Å². The smallest absolute Gasteiger partial charge is 0.453 e. The SMILES string of the molecule is CN(CC(O)COc1ccc(C(F)(F)F)cc1)c1ccc2nnc(C(F)(F)F)n2n1. The number of rotatable bonds is 6. The molecule has 2 heterocycles. The number of aromatic nitrogens is 4. The van der Waals surface area contributed by atoms with Crippen molar-refractivity contribution in [3.63, 3.8) is 0 Å². The second kappa shape index (κ2) is 7.97. The van der Waals surface area contributed by atoms with E-state index in [-0.39, 0.29) is 30.4 Å². The van der Waals surface area contributed by atoms with Gasteiger partial charge in [0.25, 0.3) is 5.82 Å². The first-order valence-electron chi connectivity index (χ1n) is 8.44. The number of anilines is 1. The van der Waals surface area contributed by atoms with Gasteiger partial charge in [-0.2, -0.15) is 30.9 Å². The van der Waals surface area contributed by atoms with Crippen LogP contribution in [0.2, 0.25) is 0 Å². The van der Waals surface area contributed by atoms with Crippen LogP contribution in [-0.4, -0.2) is 51.2 Å². The quantitative estimate of drug-likeness (QED) is 0.600. The molecular weight excluding hydrogens is 420 g/mol. The van der Waals surface area contributed by atoms with Crippen LogP contribution in [0.5, 0.6) is 5.75 Å². The molecule has 0 saturated heterocycles. The molecule has 1 N–H and O–H groups in total. The van der Waals surface area contributed by atoms with E-state index in [2.05, 4.69) is 15.3 Å². The summed E-state index contributed by atoms with van der Waals surface area (Å²) in [7, 11) is 1.49. The van der Waals surface area contributed by atoms with E-state index in [0.717, 1.165) is 24.3 Å². The minimum absolute atomic E-state index is 0.0668. The van der Waals surface area contributed by atoms with Gasteiger partial charge in [0.15, 0.2) is 5.65 Å². The first-order chi connectivity index (χ1) is 13.9. The molecule has 7 nitrogen and oxygen atoms in total. The minimum Gasteiger partial charge on any atom is -0.491 e. The van der Waals surface area contributed by atoms with Crippen molar-refractivity contribution in [2.75, 3.05) is 25.1 Å². The molecule has 0 saturated carbocycles. The van der Waals surface area contributed by atoms with E-state index in [0.29, 0.717) is 4.52 Å². The van der Waals surface area contributed by atoms with Crippen molar-refractivity contribution in [2.45, 2.75) is 18.5 Å². The van der Waals surface area contributed by atoms with Crippen molar-refractivity contribution < 1.29 is 36.2 Å². The summed E-state index contributed by atoms with van der Waals surface area (Å²) in [6.07, 6.45) is -10.3. The molecule has 0 fully saturated rings. The van der Waals surface area contributed by atoms with Gasteiger partial charge in [-0.1, -0.05) is 0 Å². The first-order valence-corrected chi connectivity index (χ1v) is 8.44. The second-order valence-corrected chi connectivity index (χ2v) is 6.35. The van der Waals surface area contributed by atoms with Crippen LogP contribution in [0.15, 0.2) is 36.4 Å². The van der Waals surface area contributed by atoms with Crippen LogP contribution in [0.25, 0.3) is 5.65 Å². The Balaban J connectivity index is 1.62. The molecule has 3 aromatic rings. The second-order valence-electron chi connectivity index (χ2n) is 6.35. The van der Waals surface area contributed by atoms with E-state index in [4.69, 9.17) is 4.74 Å². The summed E-state index contributed by atoms with van der Waals surface area (Å²) in [5.74, 6) is -1.04. The summed E-state index contributed by atoms with van der Waals surface area (Å²) in [6, 6.07) is 6.66. The normalized spacial score (nSPS) is 13.5. The number of halogens is 6. The number of likely N-dealkylation sites (N-methyl/N-ethyl adjacent to an activating group) is 1. The lowest BCUT2D eigenvalue weighted by Crippen LogP contribution is -2.33. The van der Waals surface area contributed by atoms with Crippen molar-refractivity contribution in [2.24, 2.45) is 0 Å². The number of ether oxygens (including phenoxy) is 1. The summed E-state index contributed by atoms with van der Waals surface area (Å²) >= 11 is 0. The van der Waals surface area contributed by atoms with Crippen molar-refractivity contribution >= 4 is 11.5 Å². The molecule has 3 rings (SSSR count). The maximum Gasteiger partial charge on any atom is 0.453 e. The zero-order chi connectivity index (χ0) is 22.1. The Morgan fingerprint density at radius 3 is 2.27 bits per heavy atom. The average molecular weight is 435 g/mol. The number of hydrogen-bond donors (Lipinski definition) is 1. The van der Waals surface area contributed by atoms with Crippen LogP contribution in [0.3, 0.4) is 0 Å². The summed E-state index contributed by atoms with van der Waals surface area (Å²) in [6.45, 7) is -0.318. The molecular formula is C17H15F6N5O2. The summed E-state index contributed by atoms with van der Waals surface area (Å²) in [5, 5.41) is 20.4. The molecule has 2 aromatic heterocycles. The van der Waals surface area contributed by atoms with Crippen LogP contribution in [0, 0.1) is 0 Å². The molecule has 0 spiro atoms. The van der Waals surface area contributed by atoms with Gasteiger partial charge in [-0.25, -0.2) is 0 Å². The minimum atomic E-state index is -4.74. The summed E-state index contributed by atoms with van der Waals surface area (Å²) in [5.41, 5.74) is -0.922. The van der Waals surface area contributed by atoms with Gasteiger partial charge in [-0.3, -0.25) is 0 Å². The highest BCUT2D eigenvalue weighted by Crippen LogP contribution is 2.30. The van der Waals surface area contributed by atoms with E-state index < -0.39 is 29.8 Å². The summed E-state index contributed by atoms with van der Waals surface area (Å²) in [4.78, 5) is 1.39. The number of alkyl halides is 6. The van der Waals surface area contributed by atoms with Gasteiger partial charge in [-0.15, -0.1) is 15.3 Å². The number of aliphatic hydroxyl groups excluding tert-OH is 1. The molecule has 0 radical (unpaired) electrons.